The predicted octanol–water partition coefficient (Wildman–Crippen LogP) is 6.93. The number of fused-ring (bicyclic) bond motifs is 3. The molecule has 0 atom stereocenters. The van der Waals surface area contributed by atoms with Crippen LogP contribution in [-0.2, 0) is 35.6 Å². The van der Waals surface area contributed by atoms with Crippen LogP contribution in [0.15, 0.2) is 60.7 Å². The van der Waals surface area contributed by atoms with Gasteiger partial charge in [0, 0.05) is 60.4 Å². The quantitative estimate of drug-likeness (QED) is 0.144. The summed E-state index contributed by atoms with van der Waals surface area (Å²) in [6.07, 6.45) is 2.98. The first-order chi connectivity index (χ1) is 25.0. The molecule has 2 aromatic heterocycles. The summed E-state index contributed by atoms with van der Waals surface area (Å²) < 4.78 is 22.0. The second kappa shape index (κ2) is 17.8. The molecule has 272 valence electrons. The summed E-state index contributed by atoms with van der Waals surface area (Å²) in [5.74, 6) is -0.0389. The summed E-state index contributed by atoms with van der Waals surface area (Å²) in [5, 5.41) is 22.0. The molecule has 7 rings (SSSR count). The van der Waals surface area contributed by atoms with E-state index in [2.05, 4.69) is 72.1 Å². The zero-order chi connectivity index (χ0) is 35.6. The first-order valence-corrected chi connectivity index (χ1v) is 18.6. The molecule has 0 aliphatic carbocycles. The topological polar surface area (TPSA) is 103 Å². The fraction of sp³-hybridized carbons (Fsp3) is 0.463. The average molecular weight is 696 g/mol. The van der Waals surface area contributed by atoms with Crippen LogP contribution in [0.4, 0.5) is 0 Å². The number of nitrogens with one attached hydrogen (secondary N) is 1. The fourth-order valence-electron chi connectivity index (χ4n) is 7.39. The molecule has 10 heteroatoms. The number of nitrogens with zero attached hydrogens (tertiary/aromatic N) is 4. The number of ether oxygens (including phenoxy) is 3. The van der Waals surface area contributed by atoms with Crippen molar-refractivity contribution in [2.45, 2.75) is 66.2 Å². The number of carboxylic acids is 1. The van der Waals surface area contributed by atoms with Crippen molar-refractivity contribution in [1.82, 2.24) is 24.6 Å². The highest BCUT2D eigenvalue weighted by Gasteiger charge is 2.27. The lowest BCUT2D eigenvalue weighted by atomic mass is 9.98. The Bertz CT molecular complexity index is 1900. The maximum absolute atomic E-state index is 13.0. The molecule has 0 saturated carbocycles. The Morgan fingerprint density at radius 1 is 0.902 bits per heavy atom. The molecule has 3 aromatic carbocycles. The van der Waals surface area contributed by atoms with E-state index in [1.165, 1.54) is 0 Å². The van der Waals surface area contributed by atoms with Crippen LogP contribution in [0.5, 0.6) is 5.75 Å². The Labute approximate surface area is 301 Å². The molecule has 2 aliphatic rings. The standard InChI is InChI=1S/C37H42N4O5.C4H11N/c1-26-34-31-13-7-12-29-30(14-8-22-46-33-15-6-10-27-9-2-3-11-28(27)33)36(37(42)43)40(35(29)31)16-4-5-21-45-25-32(34)38-41(26)18-17-39-19-23-44-24-20-39;1-3-5-4-2/h2-3,6-7,9-13,15H,4-5,8,14,16-25H2,1H3,(H,42,43);5H,3-4H2,1-2H3. The van der Waals surface area contributed by atoms with Gasteiger partial charge in [0.1, 0.15) is 11.4 Å². The first-order valence-electron chi connectivity index (χ1n) is 18.6. The summed E-state index contributed by atoms with van der Waals surface area (Å²) >= 11 is 0. The Balaban J connectivity index is 0.000000839. The SMILES string of the molecule is CCNCC.Cc1c2c(nn1CCN1CCOCC1)COCCCCn1c(C(=O)O)c(CCCOc3cccc4ccccc34)c3cccc-2c31. The molecular weight excluding hydrogens is 642 g/mol. The number of aromatic nitrogens is 3. The molecule has 2 N–H and O–H groups in total. The van der Waals surface area contributed by atoms with Crippen molar-refractivity contribution in [1.29, 1.82) is 0 Å². The number of carbonyl (C=O) groups is 1. The van der Waals surface area contributed by atoms with Gasteiger partial charge in [0.2, 0.25) is 0 Å². The minimum Gasteiger partial charge on any atom is -0.493 e. The lowest BCUT2D eigenvalue weighted by Crippen LogP contribution is -2.38. The van der Waals surface area contributed by atoms with E-state index in [1.54, 1.807) is 0 Å². The largest absolute Gasteiger partial charge is 0.493 e. The molecule has 51 heavy (non-hydrogen) atoms. The number of morpholine rings is 1. The van der Waals surface area contributed by atoms with E-state index < -0.39 is 5.97 Å². The van der Waals surface area contributed by atoms with Gasteiger partial charge in [0.25, 0.3) is 0 Å². The highest BCUT2D eigenvalue weighted by atomic mass is 16.5. The zero-order valence-corrected chi connectivity index (χ0v) is 30.5. The summed E-state index contributed by atoms with van der Waals surface area (Å²) in [5.41, 5.74) is 6.29. The fourth-order valence-corrected chi connectivity index (χ4v) is 7.39. The summed E-state index contributed by atoms with van der Waals surface area (Å²) in [6, 6.07) is 20.6. The molecule has 0 amide bonds. The minimum absolute atomic E-state index is 0.381. The van der Waals surface area contributed by atoms with Crippen molar-refractivity contribution in [2.75, 3.05) is 59.2 Å². The Kier molecular flexibility index (Phi) is 12.8. The maximum Gasteiger partial charge on any atom is 0.352 e. The Morgan fingerprint density at radius 3 is 2.45 bits per heavy atom. The van der Waals surface area contributed by atoms with E-state index in [4.69, 9.17) is 19.3 Å². The van der Waals surface area contributed by atoms with Crippen LogP contribution in [0.25, 0.3) is 32.8 Å². The summed E-state index contributed by atoms with van der Waals surface area (Å²) in [7, 11) is 0. The molecule has 10 nitrogen and oxygen atoms in total. The van der Waals surface area contributed by atoms with Gasteiger partial charge >= 0.3 is 5.97 Å². The smallest absolute Gasteiger partial charge is 0.352 e. The van der Waals surface area contributed by atoms with Gasteiger partial charge in [-0.2, -0.15) is 5.10 Å². The van der Waals surface area contributed by atoms with Gasteiger partial charge in [-0.15, -0.1) is 0 Å². The zero-order valence-electron chi connectivity index (χ0n) is 30.5. The predicted molar refractivity (Wildman–Crippen MR) is 203 cm³/mol. The van der Waals surface area contributed by atoms with Crippen molar-refractivity contribution in [3.63, 3.8) is 0 Å². The van der Waals surface area contributed by atoms with Crippen LogP contribution in [0.1, 0.15) is 60.5 Å². The molecule has 0 radical (unpaired) electrons. The van der Waals surface area contributed by atoms with Crippen molar-refractivity contribution in [3.05, 3.63) is 83.3 Å². The van der Waals surface area contributed by atoms with Crippen molar-refractivity contribution >= 4 is 27.6 Å². The van der Waals surface area contributed by atoms with Gasteiger partial charge in [-0.1, -0.05) is 68.4 Å². The number of carboxylic acid groups (broad SMARTS) is 1. The summed E-state index contributed by atoms with van der Waals surface area (Å²) in [4.78, 5) is 15.4. The van der Waals surface area contributed by atoms with Crippen molar-refractivity contribution < 1.29 is 24.1 Å². The normalized spacial score (nSPS) is 15.2. The molecule has 0 bridgehead atoms. The number of rotatable bonds is 11. The van der Waals surface area contributed by atoms with E-state index in [0.717, 1.165) is 121 Å². The van der Waals surface area contributed by atoms with Crippen molar-refractivity contribution in [2.24, 2.45) is 0 Å². The third kappa shape index (κ3) is 8.47. The van der Waals surface area contributed by atoms with E-state index >= 15 is 0 Å². The van der Waals surface area contributed by atoms with Crippen LogP contribution in [0.3, 0.4) is 0 Å². The molecule has 0 unspecified atom stereocenters. The maximum atomic E-state index is 13.0. The average Bonchev–Trinajstić information content (AvgIpc) is 3.63. The van der Waals surface area contributed by atoms with E-state index in [1.807, 2.05) is 28.8 Å². The van der Waals surface area contributed by atoms with Gasteiger partial charge in [-0.25, -0.2) is 4.79 Å². The summed E-state index contributed by atoms with van der Waals surface area (Å²) in [6.45, 7) is 15.8. The molecule has 4 heterocycles. The third-order valence-corrected chi connectivity index (χ3v) is 9.91. The van der Waals surface area contributed by atoms with Crippen LogP contribution in [0, 0.1) is 6.92 Å². The van der Waals surface area contributed by atoms with Gasteiger partial charge in [-0.05, 0) is 62.7 Å². The molecule has 1 fully saturated rings. The van der Waals surface area contributed by atoms with E-state index in [0.29, 0.717) is 44.9 Å². The second-order valence-electron chi connectivity index (χ2n) is 13.2. The Morgan fingerprint density at radius 2 is 1.67 bits per heavy atom. The van der Waals surface area contributed by atoms with Crippen LogP contribution in [0.2, 0.25) is 0 Å². The van der Waals surface area contributed by atoms with Gasteiger partial charge < -0.3 is 29.2 Å². The number of aromatic carboxylic acids is 1. The molecule has 1 saturated heterocycles. The number of hydrogen-bond acceptors (Lipinski definition) is 7. The Hall–Kier alpha value is -4.22. The number of para-hydroxylation sites is 1. The van der Waals surface area contributed by atoms with Crippen LogP contribution >= 0.6 is 0 Å². The third-order valence-electron chi connectivity index (χ3n) is 9.91. The van der Waals surface area contributed by atoms with E-state index in [-0.39, 0.29) is 0 Å². The lowest BCUT2D eigenvalue weighted by molar-refractivity contribution is 0.0358. The highest BCUT2D eigenvalue weighted by Crippen LogP contribution is 2.39. The number of benzene rings is 3. The molecule has 2 aliphatic heterocycles. The van der Waals surface area contributed by atoms with Gasteiger partial charge in [-0.3, -0.25) is 9.58 Å². The molecule has 0 spiro atoms. The number of aryl methyl sites for hydroxylation is 2. The highest BCUT2D eigenvalue weighted by molar-refractivity contribution is 6.04. The minimum atomic E-state index is -0.892. The number of hydrogen-bond donors (Lipinski definition) is 2. The van der Waals surface area contributed by atoms with Crippen LogP contribution in [-0.4, -0.2) is 89.5 Å². The van der Waals surface area contributed by atoms with Gasteiger partial charge in [0.15, 0.2) is 0 Å². The monoisotopic (exact) mass is 695 g/mol. The lowest BCUT2D eigenvalue weighted by Gasteiger charge is -2.26. The first kappa shape index (κ1) is 36.6. The van der Waals surface area contributed by atoms with Crippen LogP contribution < -0.4 is 10.1 Å². The van der Waals surface area contributed by atoms with Gasteiger partial charge in [0.05, 0.1) is 44.2 Å². The van der Waals surface area contributed by atoms with Crippen molar-refractivity contribution in [3.8, 4) is 16.9 Å². The second-order valence-corrected chi connectivity index (χ2v) is 13.2. The molecular formula is C41H53N5O5. The molecule has 5 aromatic rings. The van der Waals surface area contributed by atoms with E-state index in [9.17, 15) is 9.90 Å².